The molecule has 2 aliphatic rings. The van der Waals surface area contributed by atoms with Gasteiger partial charge in [-0.1, -0.05) is 53.8 Å². The Kier molecular flexibility index (Phi) is 3.33. The fourth-order valence-electron chi connectivity index (χ4n) is 3.28. The van der Waals surface area contributed by atoms with Crippen molar-refractivity contribution in [3.63, 3.8) is 0 Å². The molecule has 0 N–H and O–H groups in total. The highest BCUT2D eigenvalue weighted by Gasteiger charge is 2.39. The molecule has 0 saturated carbocycles. The molecule has 4 rings (SSSR count). The predicted octanol–water partition coefficient (Wildman–Crippen LogP) is 3.35. The van der Waals surface area contributed by atoms with Crippen LogP contribution in [0.2, 0.25) is 0 Å². The summed E-state index contributed by atoms with van der Waals surface area (Å²) in [5.41, 5.74) is 3.22. The van der Waals surface area contributed by atoms with Crippen molar-refractivity contribution < 1.29 is 4.79 Å². The molecular formula is C18H18N4O. The van der Waals surface area contributed by atoms with E-state index in [-0.39, 0.29) is 18.0 Å². The third kappa shape index (κ3) is 2.29. The van der Waals surface area contributed by atoms with Crippen molar-refractivity contribution in [1.29, 1.82) is 0 Å². The van der Waals surface area contributed by atoms with E-state index in [9.17, 15) is 4.79 Å². The van der Waals surface area contributed by atoms with Gasteiger partial charge in [-0.05, 0) is 24.1 Å². The van der Waals surface area contributed by atoms with Crippen molar-refractivity contribution in [2.24, 2.45) is 10.3 Å². The van der Waals surface area contributed by atoms with E-state index < -0.39 is 0 Å². The Hall–Kier alpha value is -2.69. The van der Waals surface area contributed by atoms with Crippen molar-refractivity contribution in [2.45, 2.75) is 25.6 Å². The van der Waals surface area contributed by atoms with Crippen LogP contribution < -0.4 is 5.01 Å². The Morgan fingerprint density at radius 2 is 1.83 bits per heavy atom. The lowest BCUT2D eigenvalue weighted by Gasteiger charge is -2.30. The maximum absolute atomic E-state index is 13.1. The maximum atomic E-state index is 13.1. The van der Waals surface area contributed by atoms with E-state index >= 15 is 0 Å². The average Bonchev–Trinajstić information content (AvgIpc) is 3.05. The summed E-state index contributed by atoms with van der Waals surface area (Å²) in [7, 11) is 0. The Morgan fingerprint density at radius 1 is 1.09 bits per heavy atom. The molecule has 1 amide bonds. The molecule has 2 atom stereocenters. The summed E-state index contributed by atoms with van der Waals surface area (Å²) < 4.78 is 0. The Balaban J connectivity index is 1.76. The minimum Gasteiger partial charge on any atom is -0.330 e. The first kappa shape index (κ1) is 13.9. The summed E-state index contributed by atoms with van der Waals surface area (Å²) in [6.07, 6.45) is 0. The number of amides is 1. The number of nitrogens with zero attached hydrogens (tertiary/aromatic N) is 4. The second kappa shape index (κ2) is 5.50. The van der Waals surface area contributed by atoms with Gasteiger partial charge < -0.3 is 4.90 Å². The smallest absolute Gasteiger partial charge is 0.250 e. The molecule has 0 spiro atoms. The number of para-hydroxylation sites is 1. The van der Waals surface area contributed by atoms with Crippen molar-refractivity contribution in [3.05, 3.63) is 65.7 Å². The summed E-state index contributed by atoms with van der Waals surface area (Å²) in [4.78, 5) is 15.0. The number of carbonyl (C=O) groups is 1. The van der Waals surface area contributed by atoms with Gasteiger partial charge in [0.2, 0.25) is 5.91 Å². The summed E-state index contributed by atoms with van der Waals surface area (Å²) in [5, 5.41) is 10.0. The molecule has 2 aromatic carbocycles. The summed E-state index contributed by atoms with van der Waals surface area (Å²) >= 11 is 0. The highest BCUT2D eigenvalue weighted by molar-refractivity contribution is 5.88. The van der Waals surface area contributed by atoms with Gasteiger partial charge in [-0.15, -0.1) is 0 Å². The van der Waals surface area contributed by atoms with Crippen LogP contribution in [0.25, 0.3) is 0 Å². The van der Waals surface area contributed by atoms with Crippen molar-refractivity contribution in [1.82, 2.24) is 4.90 Å². The van der Waals surface area contributed by atoms with E-state index in [0.29, 0.717) is 13.1 Å². The third-order valence-electron chi connectivity index (χ3n) is 4.61. The minimum atomic E-state index is -0.329. The van der Waals surface area contributed by atoms with Crippen LogP contribution in [0.4, 0.5) is 5.69 Å². The van der Waals surface area contributed by atoms with E-state index in [1.807, 2.05) is 41.3 Å². The maximum Gasteiger partial charge on any atom is 0.250 e. The van der Waals surface area contributed by atoms with Gasteiger partial charge in [0.25, 0.3) is 0 Å². The van der Waals surface area contributed by atoms with Crippen LogP contribution in [0.15, 0.2) is 64.9 Å². The number of carbonyl (C=O) groups excluding carboxylic acids is 1. The number of hydrogen-bond donors (Lipinski definition) is 0. The molecule has 23 heavy (non-hydrogen) atoms. The first-order chi connectivity index (χ1) is 11.3. The summed E-state index contributed by atoms with van der Waals surface area (Å²) in [6.45, 7) is 3.09. The van der Waals surface area contributed by atoms with E-state index in [4.69, 9.17) is 0 Å². The molecule has 5 heteroatoms. The number of hydrogen-bond acceptors (Lipinski definition) is 4. The van der Waals surface area contributed by atoms with Crippen molar-refractivity contribution in [3.8, 4) is 0 Å². The van der Waals surface area contributed by atoms with Gasteiger partial charge in [-0.3, -0.25) is 4.79 Å². The molecule has 0 bridgehead atoms. The topological polar surface area (TPSA) is 48.3 Å². The van der Waals surface area contributed by atoms with Crippen molar-refractivity contribution in [2.75, 3.05) is 11.6 Å². The van der Waals surface area contributed by atoms with Gasteiger partial charge in [0.15, 0.2) is 6.04 Å². The van der Waals surface area contributed by atoms with E-state index in [1.54, 1.807) is 5.01 Å². The number of benzene rings is 2. The zero-order valence-corrected chi connectivity index (χ0v) is 13.0. The third-order valence-corrected chi connectivity index (χ3v) is 4.61. The van der Waals surface area contributed by atoms with Crippen LogP contribution in [-0.4, -0.2) is 23.4 Å². The molecule has 0 aromatic heterocycles. The van der Waals surface area contributed by atoms with Crippen LogP contribution in [0.1, 0.15) is 24.1 Å². The number of anilines is 1. The SMILES string of the molecule is C[C@@H](c1ccccc1)N1Cc2ccccc2N2N=NC[C@H]2C1=O. The van der Waals surface area contributed by atoms with Gasteiger partial charge in [0, 0.05) is 6.54 Å². The Morgan fingerprint density at radius 3 is 2.65 bits per heavy atom. The monoisotopic (exact) mass is 306 g/mol. The van der Waals surface area contributed by atoms with Crippen LogP contribution in [0, 0.1) is 0 Å². The average molecular weight is 306 g/mol. The first-order valence-corrected chi connectivity index (χ1v) is 7.85. The van der Waals surface area contributed by atoms with E-state index in [1.165, 1.54) is 0 Å². The molecule has 0 aliphatic carbocycles. The first-order valence-electron chi connectivity index (χ1n) is 7.85. The second-order valence-electron chi connectivity index (χ2n) is 5.96. The van der Waals surface area contributed by atoms with Crippen LogP contribution in [-0.2, 0) is 11.3 Å². The second-order valence-corrected chi connectivity index (χ2v) is 5.96. The van der Waals surface area contributed by atoms with Crippen LogP contribution in [0.5, 0.6) is 0 Å². The normalized spacial score (nSPS) is 20.9. The quantitative estimate of drug-likeness (QED) is 0.854. The Bertz CT molecular complexity index is 759. The summed E-state index contributed by atoms with van der Waals surface area (Å²) in [6, 6.07) is 17.9. The fourth-order valence-corrected chi connectivity index (χ4v) is 3.28. The molecular weight excluding hydrogens is 288 g/mol. The van der Waals surface area contributed by atoms with Gasteiger partial charge in [0.05, 0.1) is 18.3 Å². The lowest BCUT2D eigenvalue weighted by molar-refractivity contribution is -0.134. The van der Waals surface area contributed by atoms with Crippen molar-refractivity contribution >= 4 is 11.6 Å². The van der Waals surface area contributed by atoms with Gasteiger partial charge in [0.1, 0.15) is 0 Å². The highest BCUT2D eigenvalue weighted by atomic mass is 16.2. The molecule has 0 unspecified atom stereocenters. The fraction of sp³-hybridized carbons (Fsp3) is 0.278. The van der Waals surface area contributed by atoms with Crippen LogP contribution in [0.3, 0.4) is 0 Å². The molecule has 0 fully saturated rings. The molecule has 0 radical (unpaired) electrons. The lowest BCUT2D eigenvalue weighted by atomic mass is 10.1. The number of fused-ring (bicyclic) bond motifs is 3. The zero-order valence-electron chi connectivity index (χ0n) is 13.0. The molecule has 116 valence electrons. The molecule has 5 nitrogen and oxygen atoms in total. The number of rotatable bonds is 2. The largest absolute Gasteiger partial charge is 0.330 e. The molecule has 2 aromatic rings. The molecule has 2 aliphatic heterocycles. The lowest BCUT2D eigenvalue weighted by Crippen LogP contribution is -2.44. The molecule has 2 heterocycles. The van der Waals surface area contributed by atoms with E-state index in [0.717, 1.165) is 16.8 Å². The predicted molar refractivity (Wildman–Crippen MR) is 87.8 cm³/mol. The van der Waals surface area contributed by atoms with Crippen LogP contribution >= 0.6 is 0 Å². The van der Waals surface area contributed by atoms with Gasteiger partial charge in [-0.25, -0.2) is 5.01 Å². The standard InChI is InChI=1S/C18H18N4O/c1-13(14-7-3-2-4-8-14)21-12-15-9-5-6-10-16(15)22-17(18(21)23)11-19-20-22/h2-10,13,17H,11-12H2,1H3/t13-,17-/m0/s1. The Labute approximate surface area is 135 Å². The van der Waals surface area contributed by atoms with Gasteiger partial charge >= 0.3 is 0 Å². The summed E-state index contributed by atoms with van der Waals surface area (Å²) in [5.74, 6) is 0.0857. The van der Waals surface area contributed by atoms with Gasteiger partial charge in [-0.2, -0.15) is 5.11 Å². The van der Waals surface area contributed by atoms with E-state index in [2.05, 4.69) is 35.5 Å². The molecule has 0 saturated heterocycles. The zero-order chi connectivity index (χ0) is 15.8. The minimum absolute atomic E-state index is 0.0114. The highest BCUT2D eigenvalue weighted by Crippen LogP contribution is 2.34.